The fourth-order valence-electron chi connectivity index (χ4n) is 2.24. The van der Waals surface area contributed by atoms with Gasteiger partial charge in [0.15, 0.2) is 5.78 Å². The number of aliphatic carboxylic acids is 1. The predicted molar refractivity (Wildman–Crippen MR) is 93.7 cm³/mol. The monoisotopic (exact) mass is 326 g/mol. The number of Topliss-reactive ketones (excluding diaryl/α,β-unsaturated/α-hetero) is 1. The fraction of sp³-hybridized carbons (Fsp3) is 0.235. The Balaban J connectivity index is 2.57. The number of hydrogen-bond donors (Lipinski definition) is 1. The summed E-state index contributed by atoms with van der Waals surface area (Å²) in [7, 11) is 0. The van der Waals surface area contributed by atoms with Gasteiger partial charge in [-0.25, -0.2) is 9.98 Å². The molecule has 0 aliphatic carbocycles. The molecule has 7 heteroatoms. The number of nitrogens with zero attached hydrogens (tertiary/aromatic N) is 4. The maximum absolute atomic E-state index is 11.8. The van der Waals surface area contributed by atoms with Crippen LogP contribution in [0, 0.1) is 0 Å². The molecule has 0 spiro atoms. The van der Waals surface area contributed by atoms with Gasteiger partial charge in [-0.15, -0.1) is 0 Å². The highest BCUT2D eigenvalue weighted by Gasteiger charge is 2.16. The van der Waals surface area contributed by atoms with Gasteiger partial charge in [-0.05, 0) is 43.8 Å². The number of carbonyl (C=O) groups excluding carboxylic acids is 1. The summed E-state index contributed by atoms with van der Waals surface area (Å²) in [5.74, 6) is -0.682. The summed E-state index contributed by atoms with van der Waals surface area (Å²) in [5.41, 5.74) is 2.60. The Morgan fingerprint density at radius 3 is 2.62 bits per heavy atom. The maximum Gasteiger partial charge on any atom is 0.325 e. The number of allylic oxidation sites excluding steroid dienone is 1. The lowest BCUT2D eigenvalue weighted by Crippen LogP contribution is -2.10. The molecule has 0 saturated carbocycles. The molecule has 2 rings (SSSR count). The fourth-order valence-corrected chi connectivity index (χ4v) is 2.24. The van der Waals surface area contributed by atoms with E-state index in [4.69, 9.17) is 5.11 Å². The Morgan fingerprint density at radius 2 is 2.04 bits per heavy atom. The number of amidine groups is 1. The SMILES string of the molecule is C=NC(C)=N/C=C(\C)c1ccc2c(c1)c(C(C)=O)nn2CC(=O)O. The first-order chi connectivity index (χ1) is 11.3. The van der Waals surface area contributed by atoms with Crippen LogP contribution in [0.15, 0.2) is 34.4 Å². The van der Waals surface area contributed by atoms with Gasteiger partial charge in [-0.1, -0.05) is 6.07 Å². The normalized spacial score (nSPS) is 12.5. The third kappa shape index (κ3) is 3.62. The quantitative estimate of drug-likeness (QED) is 0.519. The lowest BCUT2D eigenvalue weighted by Gasteiger charge is -2.03. The first kappa shape index (κ1) is 17.3. The molecule has 1 heterocycles. The number of benzene rings is 1. The first-order valence-electron chi connectivity index (χ1n) is 7.25. The van der Waals surface area contributed by atoms with Crippen molar-refractivity contribution < 1.29 is 14.7 Å². The van der Waals surface area contributed by atoms with Crippen molar-refractivity contribution in [2.75, 3.05) is 0 Å². The summed E-state index contributed by atoms with van der Waals surface area (Å²) in [6.45, 7) is 8.14. The molecule has 7 nitrogen and oxygen atoms in total. The zero-order chi connectivity index (χ0) is 17.9. The minimum atomic E-state index is -1.02. The minimum absolute atomic E-state index is 0.215. The van der Waals surface area contributed by atoms with E-state index in [1.54, 1.807) is 19.2 Å². The molecule has 0 atom stereocenters. The summed E-state index contributed by atoms with van der Waals surface area (Å²) >= 11 is 0. The number of aromatic nitrogens is 2. The zero-order valence-electron chi connectivity index (χ0n) is 13.8. The number of rotatable bonds is 5. The molecule has 0 fully saturated rings. The van der Waals surface area contributed by atoms with E-state index >= 15 is 0 Å². The number of hydrogen-bond acceptors (Lipinski definition) is 4. The van der Waals surface area contributed by atoms with Gasteiger partial charge in [-0.3, -0.25) is 14.3 Å². The zero-order valence-corrected chi connectivity index (χ0v) is 13.8. The van der Waals surface area contributed by atoms with Crippen LogP contribution in [0.4, 0.5) is 0 Å². The van der Waals surface area contributed by atoms with Crippen LogP contribution in [0.2, 0.25) is 0 Å². The predicted octanol–water partition coefficient (Wildman–Crippen LogP) is 2.80. The largest absolute Gasteiger partial charge is 0.480 e. The molecule has 0 aliphatic heterocycles. The molecule has 2 aromatic rings. The van der Waals surface area contributed by atoms with Crippen LogP contribution in [-0.4, -0.2) is 39.2 Å². The lowest BCUT2D eigenvalue weighted by atomic mass is 10.0. The van der Waals surface area contributed by atoms with Crippen molar-refractivity contribution in [3.63, 3.8) is 0 Å². The molecule has 1 aromatic heterocycles. The van der Waals surface area contributed by atoms with Crippen LogP contribution >= 0.6 is 0 Å². The van der Waals surface area contributed by atoms with Crippen molar-refractivity contribution in [2.45, 2.75) is 27.3 Å². The molecular formula is C17H18N4O3. The molecule has 24 heavy (non-hydrogen) atoms. The molecule has 0 amide bonds. The van der Waals surface area contributed by atoms with E-state index in [1.807, 2.05) is 19.1 Å². The Kier molecular flexibility index (Phi) is 5.03. The van der Waals surface area contributed by atoms with E-state index in [9.17, 15) is 9.59 Å². The van der Waals surface area contributed by atoms with Gasteiger partial charge in [0.05, 0.1) is 5.52 Å². The number of fused-ring (bicyclic) bond motifs is 1. The van der Waals surface area contributed by atoms with Crippen molar-refractivity contribution in [3.8, 4) is 0 Å². The van der Waals surface area contributed by atoms with Gasteiger partial charge >= 0.3 is 5.97 Å². The Morgan fingerprint density at radius 1 is 1.33 bits per heavy atom. The average Bonchev–Trinajstić information content (AvgIpc) is 2.89. The molecule has 0 bridgehead atoms. The second-order valence-electron chi connectivity index (χ2n) is 5.33. The lowest BCUT2D eigenvalue weighted by molar-refractivity contribution is -0.137. The van der Waals surface area contributed by atoms with Crippen LogP contribution < -0.4 is 0 Å². The Hall–Kier alpha value is -3.09. The van der Waals surface area contributed by atoms with E-state index in [0.29, 0.717) is 16.7 Å². The van der Waals surface area contributed by atoms with Gasteiger partial charge in [-0.2, -0.15) is 5.10 Å². The highest BCUT2D eigenvalue weighted by molar-refractivity contribution is 6.05. The van der Waals surface area contributed by atoms with Gasteiger partial charge < -0.3 is 5.11 Å². The van der Waals surface area contributed by atoms with Crippen molar-refractivity contribution in [1.29, 1.82) is 0 Å². The van der Waals surface area contributed by atoms with Crippen molar-refractivity contribution in [1.82, 2.24) is 9.78 Å². The van der Waals surface area contributed by atoms with Gasteiger partial charge in [0.25, 0.3) is 0 Å². The maximum atomic E-state index is 11.8. The Labute approximate surface area is 139 Å². The first-order valence-corrected chi connectivity index (χ1v) is 7.25. The second kappa shape index (κ2) is 6.99. The summed E-state index contributed by atoms with van der Waals surface area (Å²) in [6, 6.07) is 5.41. The molecule has 124 valence electrons. The summed E-state index contributed by atoms with van der Waals surface area (Å²) in [4.78, 5) is 30.7. The molecular weight excluding hydrogens is 308 g/mol. The van der Waals surface area contributed by atoms with Crippen LogP contribution in [-0.2, 0) is 11.3 Å². The Bertz CT molecular complexity index is 891. The number of carboxylic acid groups (broad SMARTS) is 1. The van der Waals surface area contributed by atoms with Gasteiger partial charge in [0.1, 0.15) is 18.1 Å². The molecule has 1 aromatic carbocycles. The number of aliphatic imine (C=N–C) groups is 2. The molecule has 1 N–H and O–H groups in total. The van der Waals surface area contributed by atoms with E-state index in [-0.39, 0.29) is 18.0 Å². The van der Waals surface area contributed by atoms with Gasteiger partial charge in [0.2, 0.25) is 0 Å². The van der Waals surface area contributed by atoms with E-state index < -0.39 is 5.97 Å². The highest BCUT2D eigenvalue weighted by atomic mass is 16.4. The number of ketones is 1. The van der Waals surface area contributed by atoms with Crippen molar-refractivity contribution in [3.05, 3.63) is 35.7 Å². The summed E-state index contributed by atoms with van der Waals surface area (Å²) < 4.78 is 1.32. The summed E-state index contributed by atoms with van der Waals surface area (Å²) in [5, 5.41) is 13.7. The second-order valence-corrected chi connectivity index (χ2v) is 5.33. The number of carbonyl (C=O) groups is 2. The van der Waals surface area contributed by atoms with Crippen LogP contribution in [0.3, 0.4) is 0 Å². The van der Waals surface area contributed by atoms with Crippen molar-refractivity contribution in [2.24, 2.45) is 9.98 Å². The van der Waals surface area contributed by atoms with Crippen molar-refractivity contribution >= 4 is 40.8 Å². The van der Waals surface area contributed by atoms with Gasteiger partial charge in [0, 0.05) is 18.5 Å². The highest BCUT2D eigenvalue weighted by Crippen LogP contribution is 2.24. The molecule has 0 radical (unpaired) electrons. The third-order valence-electron chi connectivity index (χ3n) is 3.50. The van der Waals surface area contributed by atoms with Crippen LogP contribution in [0.5, 0.6) is 0 Å². The minimum Gasteiger partial charge on any atom is -0.480 e. The average molecular weight is 326 g/mol. The smallest absolute Gasteiger partial charge is 0.325 e. The third-order valence-corrected chi connectivity index (χ3v) is 3.50. The number of carboxylic acids is 1. The molecule has 0 unspecified atom stereocenters. The summed E-state index contributed by atoms with van der Waals surface area (Å²) in [6.07, 6.45) is 1.67. The van der Waals surface area contributed by atoms with E-state index in [2.05, 4.69) is 21.8 Å². The standard InChI is InChI=1S/C17H18N4O3/c1-10(8-19-12(3)18-4)13-5-6-15-14(7-13)17(11(2)22)20-21(15)9-16(23)24/h5-8H,4,9H2,1-3H3,(H,23,24)/b10-8+,19-12?. The van der Waals surface area contributed by atoms with Crippen LogP contribution in [0.1, 0.15) is 36.8 Å². The van der Waals surface area contributed by atoms with E-state index in [0.717, 1.165) is 11.1 Å². The van der Waals surface area contributed by atoms with E-state index in [1.165, 1.54) is 11.6 Å². The van der Waals surface area contributed by atoms with Crippen LogP contribution in [0.25, 0.3) is 16.5 Å². The molecule has 0 saturated heterocycles. The topological polar surface area (TPSA) is 96.9 Å². The molecule has 0 aliphatic rings.